The van der Waals surface area contributed by atoms with Crippen LogP contribution in [0.1, 0.15) is 37.8 Å². The molecule has 1 nitrogen and oxygen atoms in total. The number of carbonyl (C=O) groups is 1. The lowest BCUT2D eigenvalue weighted by molar-refractivity contribution is -0.140. The molecular formula is C15H14F4O. The van der Waals surface area contributed by atoms with Crippen LogP contribution in [0.5, 0.6) is 0 Å². The highest BCUT2D eigenvalue weighted by molar-refractivity contribution is 5.99. The molecule has 20 heavy (non-hydrogen) atoms. The summed E-state index contributed by atoms with van der Waals surface area (Å²) in [5, 5.41) is 0. The van der Waals surface area contributed by atoms with Gasteiger partial charge in [-0.15, -0.1) is 0 Å². The molecule has 0 saturated carbocycles. The number of carbonyl (C=O) groups excluding carboxylic acids is 1. The normalized spacial score (nSPS) is 18.9. The highest BCUT2D eigenvalue weighted by Crippen LogP contribution is 2.40. The lowest BCUT2D eigenvalue weighted by Gasteiger charge is -2.29. The van der Waals surface area contributed by atoms with Crippen molar-refractivity contribution in [2.24, 2.45) is 5.41 Å². The zero-order valence-electron chi connectivity index (χ0n) is 11.1. The summed E-state index contributed by atoms with van der Waals surface area (Å²) in [7, 11) is 0. The molecule has 0 atom stereocenters. The average molecular weight is 286 g/mol. The molecule has 1 aromatic carbocycles. The van der Waals surface area contributed by atoms with E-state index in [2.05, 4.69) is 0 Å². The van der Waals surface area contributed by atoms with E-state index < -0.39 is 17.6 Å². The van der Waals surface area contributed by atoms with E-state index in [1.165, 1.54) is 12.1 Å². The van der Waals surface area contributed by atoms with Crippen molar-refractivity contribution in [3.63, 3.8) is 0 Å². The van der Waals surface area contributed by atoms with Crippen LogP contribution in [0.3, 0.4) is 0 Å². The van der Waals surface area contributed by atoms with Gasteiger partial charge in [0.05, 0.1) is 5.56 Å². The van der Waals surface area contributed by atoms with Gasteiger partial charge >= 0.3 is 6.18 Å². The van der Waals surface area contributed by atoms with Crippen molar-refractivity contribution in [3.8, 4) is 0 Å². The monoisotopic (exact) mass is 286 g/mol. The van der Waals surface area contributed by atoms with Gasteiger partial charge in [-0.25, -0.2) is 4.39 Å². The molecule has 0 fully saturated rings. The third-order valence-electron chi connectivity index (χ3n) is 3.30. The van der Waals surface area contributed by atoms with Crippen molar-refractivity contribution in [1.82, 2.24) is 0 Å². The first-order valence-corrected chi connectivity index (χ1v) is 6.19. The van der Waals surface area contributed by atoms with Crippen LogP contribution in [0.2, 0.25) is 0 Å². The molecule has 0 heterocycles. The second kappa shape index (κ2) is 4.72. The first kappa shape index (κ1) is 14.8. The Morgan fingerprint density at radius 3 is 2.35 bits per heavy atom. The predicted octanol–water partition coefficient (Wildman–Crippen LogP) is 4.62. The van der Waals surface area contributed by atoms with E-state index in [9.17, 15) is 22.4 Å². The van der Waals surface area contributed by atoms with Crippen LogP contribution in [0.25, 0.3) is 5.57 Å². The van der Waals surface area contributed by atoms with Crippen LogP contribution in [-0.2, 0) is 11.0 Å². The quantitative estimate of drug-likeness (QED) is 0.689. The molecule has 0 bridgehead atoms. The Morgan fingerprint density at radius 2 is 1.80 bits per heavy atom. The van der Waals surface area contributed by atoms with Crippen molar-refractivity contribution >= 4 is 11.4 Å². The van der Waals surface area contributed by atoms with Crippen molar-refractivity contribution in [3.05, 3.63) is 41.2 Å². The molecule has 1 aromatic rings. The summed E-state index contributed by atoms with van der Waals surface area (Å²) >= 11 is 0. The topological polar surface area (TPSA) is 17.1 Å². The van der Waals surface area contributed by atoms with Gasteiger partial charge in [0.15, 0.2) is 5.78 Å². The first-order valence-electron chi connectivity index (χ1n) is 6.19. The van der Waals surface area contributed by atoms with Gasteiger partial charge in [-0.2, -0.15) is 13.2 Å². The van der Waals surface area contributed by atoms with Crippen LogP contribution in [-0.4, -0.2) is 5.78 Å². The van der Waals surface area contributed by atoms with Gasteiger partial charge in [0, 0.05) is 6.42 Å². The maximum Gasteiger partial charge on any atom is 0.419 e. The maximum atomic E-state index is 13.3. The summed E-state index contributed by atoms with van der Waals surface area (Å²) in [6.45, 7) is 3.76. The number of halogens is 4. The van der Waals surface area contributed by atoms with E-state index in [1.807, 2.05) is 13.8 Å². The number of rotatable bonds is 1. The molecule has 0 radical (unpaired) electrons. The maximum absolute atomic E-state index is 13.3. The van der Waals surface area contributed by atoms with Crippen molar-refractivity contribution in [1.29, 1.82) is 0 Å². The van der Waals surface area contributed by atoms with E-state index in [4.69, 9.17) is 0 Å². The third-order valence-corrected chi connectivity index (χ3v) is 3.30. The van der Waals surface area contributed by atoms with Gasteiger partial charge in [0.2, 0.25) is 0 Å². The smallest absolute Gasteiger partial charge is 0.295 e. The number of allylic oxidation sites excluding steroid dienone is 2. The predicted molar refractivity (Wildman–Crippen MR) is 67.4 cm³/mol. The van der Waals surface area contributed by atoms with Crippen LogP contribution in [0, 0.1) is 11.2 Å². The number of ketones is 1. The summed E-state index contributed by atoms with van der Waals surface area (Å²) in [4.78, 5) is 11.6. The van der Waals surface area contributed by atoms with Gasteiger partial charge in [0.25, 0.3) is 0 Å². The second-order valence-electron chi connectivity index (χ2n) is 5.85. The zero-order valence-corrected chi connectivity index (χ0v) is 11.1. The minimum atomic E-state index is -4.74. The molecule has 1 aliphatic carbocycles. The third kappa shape index (κ3) is 3.08. The molecule has 0 amide bonds. The van der Waals surface area contributed by atoms with Gasteiger partial charge in [-0.1, -0.05) is 19.9 Å². The number of benzene rings is 1. The highest BCUT2D eigenvalue weighted by atomic mass is 19.4. The summed E-state index contributed by atoms with van der Waals surface area (Å²) in [5.74, 6) is -1.42. The van der Waals surface area contributed by atoms with E-state index in [-0.39, 0.29) is 16.8 Å². The summed E-state index contributed by atoms with van der Waals surface area (Å²) < 4.78 is 51.3. The number of hydrogen-bond donors (Lipinski definition) is 0. The summed E-state index contributed by atoms with van der Waals surface area (Å²) in [5.41, 5.74) is -0.822. The Bertz CT molecular complexity index is 582. The van der Waals surface area contributed by atoms with Crippen LogP contribution in [0.15, 0.2) is 24.3 Å². The second-order valence-corrected chi connectivity index (χ2v) is 5.85. The minimum Gasteiger partial charge on any atom is -0.295 e. The number of alkyl halides is 3. The Hall–Kier alpha value is -1.65. The molecule has 0 unspecified atom stereocenters. The molecule has 0 aromatic heterocycles. The lowest BCUT2D eigenvalue weighted by Crippen LogP contribution is -2.21. The van der Waals surface area contributed by atoms with Crippen LogP contribution >= 0.6 is 0 Å². The zero-order chi connectivity index (χ0) is 15.1. The van der Waals surface area contributed by atoms with Gasteiger partial charge in [-0.05, 0) is 41.2 Å². The van der Waals surface area contributed by atoms with E-state index in [0.717, 1.165) is 12.1 Å². The Morgan fingerprint density at radius 1 is 1.15 bits per heavy atom. The summed E-state index contributed by atoms with van der Waals surface area (Å²) in [6, 6.07) is 2.85. The fourth-order valence-corrected chi connectivity index (χ4v) is 2.47. The van der Waals surface area contributed by atoms with Gasteiger partial charge < -0.3 is 0 Å². The molecular weight excluding hydrogens is 272 g/mol. The van der Waals surface area contributed by atoms with Crippen molar-refractivity contribution in [2.45, 2.75) is 32.9 Å². The van der Waals surface area contributed by atoms with E-state index in [1.54, 1.807) is 0 Å². The van der Waals surface area contributed by atoms with Gasteiger partial charge in [0.1, 0.15) is 5.82 Å². The molecule has 5 heteroatoms. The fraction of sp³-hybridized carbons (Fsp3) is 0.400. The lowest BCUT2D eigenvalue weighted by atomic mass is 9.75. The Kier molecular flexibility index (Phi) is 3.48. The van der Waals surface area contributed by atoms with Crippen molar-refractivity contribution in [2.75, 3.05) is 0 Å². The highest BCUT2D eigenvalue weighted by Gasteiger charge is 2.35. The van der Waals surface area contributed by atoms with E-state index in [0.29, 0.717) is 18.4 Å². The standard InChI is InChI=1S/C15H14F4O/c1-14(2)7-10(5-11(20)8-14)9-3-4-13(16)12(6-9)15(17,18)19/h3-6H,7-8H2,1-2H3. The molecule has 1 aliphatic rings. The number of hydrogen-bond acceptors (Lipinski definition) is 1. The Balaban J connectivity index is 2.47. The van der Waals surface area contributed by atoms with E-state index >= 15 is 0 Å². The van der Waals surface area contributed by atoms with Crippen molar-refractivity contribution < 1.29 is 22.4 Å². The average Bonchev–Trinajstić information content (AvgIpc) is 2.25. The largest absolute Gasteiger partial charge is 0.419 e. The fourth-order valence-electron chi connectivity index (χ4n) is 2.47. The molecule has 0 aliphatic heterocycles. The molecule has 0 saturated heterocycles. The molecule has 0 N–H and O–H groups in total. The molecule has 108 valence electrons. The minimum absolute atomic E-state index is 0.117. The van der Waals surface area contributed by atoms with Gasteiger partial charge in [-0.3, -0.25) is 4.79 Å². The van der Waals surface area contributed by atoms with Crippen LogP contribution in [0.4, 0.5) is 17.6 Å². The summed E-state index contributed by atoms with van der Waals surface area (Å²) in [6.07, 6.45) is -2.53. The van der Waals surface area contributed by atoms with Crippen LogP contribution < -0.4 is 0 Å². The molecule has 2 rings (SSSR count). The molecule has 0 spiro atoms. The SMILES string of the molecule is CC1(C)CC(=O)C=C(c2ccc(F)c(C(F)(F)F)c2)C1. The first-order chi connectivity index (χ1) is 9.08. The Labute approximate surface area is 114 Å².